The predicted octanol–water partition coefficient (Wildman–Crippen LogP) is 3.63. The fourth-order valence-electron chi connectivity index (χ4n) is 1.82. The molecule has 1 rings (SSSR count). The van der Waals surface area contributed by atoms with Crippen molar-refractivity contribution in [1.29, 1.82) is 0 Å². The first-order valence-corrected chi connectivity index (χ1v) is 10.6. The molecule has 4 nitrogen and oxygen atoms in total. The third-order valence-corrected chi connectivity index (χ3v) is 5.97. The number of ether oxygens (including phenoxy) is 1. The number of rotatable bonds is 10. The Morgan fingerprint density at radius 1 is 1.32 bits per heavy atom. The van der Waals surface area contributed by atoms with E-state index in [0.29, 0.717) is 5.02 Å². The fourth-order valence-corrected chi connectivity index (χ4v) is 4.22. The summed E-state index contributed by atoms with van der Waals surface area (Å²) in [6, 6.07) is 7.22. The van der Waals surface area contributed by atoms with Gasteiger partial charge in [-0.1, -0.05) is 0 Å². The van der Waals surface area contributed by atoms with Crippen molar-refractivity contribution in [3.8, 4) is 0 Å². The third-order valence-electron chi connectivity index (χ3n) is 3.18. The van der Waals surface area contributed by atoms with Gasteiger partial charge in [0, 0.05) is 0 Å². The summed E-state index contributed by atoms with van der Waals surface area (Å²) in [5.41, 5.74) is 0.791. The van der Waals surface area contributed by atoms with Crippen molar-refractivity contribution in [3.63, 3.8) is 0 Å². The van der Waals surface area contributed by atoms with E-state index in [0.717, 1.165) is 22.8 Å². The van der Waals surface area contributed by atoms with Crippen LogP contribution in [0.1, 0.15) is 31.7 Å². The molecular weight excluding hydrogens is 419 g/mol. The number of carbonyl (C=O) groups is 1. The van der Waals surface area contributed by atoms with Crippen molar-refractivity contribution in [2.24, 2.45) is 0 Å². The molecule has 2 N–H and O–H groups in total. The SMILES string of the molecule is CCCC[IH]C(=O)OCCC(O)C(O)Cc1ccccc1Cl. The maximum absolute atomic E-state index is 11.5. The molecule has 6 heteroatoms. The predicted molar refractivity (Wildman–Crippen MR) is 98.3 cm³/mol. The molecule has 0 amide bonds. The molecule has 0 aliphatic carbocycles. The fraction of sp³-hybridized carbons (Fsp3) is 0.562. The monoisotopic (exact) mass is 442 g/mol. The van der Waals surface area contributed by atoms with Crippen LogP contribution in [0, 0.1) is 0 Å². The van der Waals surface area contributed by atoms with E-state index in [1.54, 1.807) is 6.07 Å². The van der Waals surface area contributed by atoms with Gasteiger partial charge in [-0.3, -0.25) is 0 Å². The molecule has 0 aromatic heterocycles. The first-order chi connectivity index (χ1) is 10.5. The Morgan fingerprint density at radius 3 is 2.73 bits per heavy atom. The van der Waals surface area contributed by atoms with Crippen molar-refractivity contribution in [2.45, 2.75) is 44.8 Å². The van der Waals surface area contributed by atoms with Gasteiger partial charge in [0.2, 0.25) is 0 Å². The van der Waals surface area contributed by atoms with E-state index < -0.39 is 33.4 Å². The van der Waals surface area contributed by atoms with Gasteiger partial charge in [-0.25, -0.2) is 0 Å². The molecule has 126 valence electrons. The van der Waals surface area contributed by atoms with Crippen LogP contribution in [-0.4, -0.2) is 37.4 Å². The molecule has 0 bridgehead atoms. The van der Waals surface area contributed by atoms with E-state index >= 15 is 0 Å². The van der Waals surface area contributed by atoms with E-state index in [2.05, 4.69) is 6.92 Å². The van der Waals surface area contributed by atoms with Gasteiger partial charge in [0.25, 0.3) is 0 Å². The second-order valence-corrected chi connectivity index (χ2v) is 8.37. The van der Waals surface area contributed by atoms with Gasteiger partial charge in [0.05, 0.1) is 0 Å². The van der Waals surface area contributed by atoms with Gasteiger partial charge >= 0.3 is 147 Å². The van der Waals surface area contributed by atoms with Crippen LogP contribution < -0.4 is 0 Å². The molecule has 0 aliphatic rings. The quantitative estimate of drug-likeness (QED) is 0.251. The molecule has 0 fully saturated rings. The molecule has 0 radical (unpaired) electrons. The van der Waals surface area contributed by atoms with Crippen LogP contribution in [0.4, 0.5) is 4.79 Å². The van der Waals surface area contributed by atoms with Crippen LogP contribution in [0.2, 0.25) is 5.02 Å². The van der Waals surface area contributed by atoms with Gasteiger partial charge in [0.15, 0.2) is 0 Å². The molecule has 2 unspecified atom stereocenters. The second-order valence-electron chi connectivity index (χ2n) is 5.02. The molecule has 1 aromatic rings. The Kier molecular flexibility index (Phi) is 10.0. The second kappa shape index (κ2) is 11.2. The summed E-state index contributed by atoms with van der Waals surface area (Å²) in [6.07, 6.45) is 0.814. The first-order valence-electron chi connectivity index (χ1n) is 7.43. The van der Waals surface area contributed by atoms with E-state index in [1.807, 2.05) is 18.2 Å². The van der Waals surface area contributed by atoms with Crippen LogP contribution in [0.15, 0.2) is 24.3 Å². The number of aliphatic hydroxyl groups excluding tert-OH is 2. The molecule has 0 saturated heterocycles. The Hall–Kier alpha value is -0.370. The maximum atomic E-state index is 11.5. The number of unbranched alkanes of at least 4 members (excludes halogenated alkanes) is 1. The molecular formula is C16H24ClIO4. The Labute approximate surface area is 147 Å². The van der Waals surface area contributed by atoms with Crippen LogP contribution in [0.25, 0.3) is 0 Å². The third kappa shape index (κ3) is 7.76. The number of hydrogen-bond acceptors (Lipinski definition) is 4. The van der Waals surface area contributed by atoms with E-state index in [1.165, 1.54) is 0 Å². The molecule has 2 atom stereocenters. The summed E-state index contributed by atoms with van der Waals surface area (Å²) in [7, 11) is 0. The average Bonchev–Trinajstić information content (AvgIpc) is 2.49. The summed E-state index contributed by atoms with van der Waals surface area (Å²) in [5.74, 6) is 0. The van der Waals surface area contributed by atoms with Crippen LogP contribution >= 0.6 is 32.8 Å². The Morgan fingerprint density at radius 2 is 2.05 bits per heavy atom. The van der Waals surface area contributed by atoms with Gasteiger partial charge in [-0.2, -0.15) is 0 Å². The van der Waals surface area contributed by atoms with Crippen molar-refractivity contribution in [1.82, 2.24) is 0 Å². The van der Waals surface area contributed by atoms with Crippen molar-refractivity contribution >= 4 is 36.8 Å². The summed E-state index contributed by atoms with van der Waals surface area (Å²) in [6.45, 7) is 2.24. The zero-order chi connectivity index (χ0) is 16.4. The summed E-state index contributed by atoms with van der Waals surface area (Å²) < 4.78 is 5.94. The van der Waals surface area contributed by atoms with Gasteiger partial charge in [-0.15, -0.1) is 0 Å². The Balaban J connectivity index is 2.25. The molecule has 0 saturated carbocycles. The summed E-state index contributed by atoms with van der Waals surface area (Å²) in [4.78, 5) is 11.5. The number of alkyl halides is 1. The molecule has 0 aliphatic heterocycles. The average molecular weight is 443 g/mol. The van der Waals surface area contributed by atoms with Crippen molar-refractivity contribution in [3.05, 3.63) is 34.9 Å². The minimum absolute atomic E-state index is 0.119. The number of halogens is 2. The van der Waals surface area contributed by atoms with Crippen molar-refractivity contribution < 1.29 is 19.7 Å². The normalized spacial score (nSPS) is 13.8. The van der Waals surface area contributed by atoms with Crippen LogP contribution in [0.3, 0.4) is 0 Å². The zero-order valence-corrected chi connectivity index (χ0v) is 15.8. The first kappa shape index (κ1) is 19.7. The number of aliphatic hydroxyl groups is 2. The van der Waals surface area contributed by atoms with Crippen molar-refractivity contribution in [2.75, 3.05) is 11.0 Å². The van der Waals surface area contributed by atoms with Gasteiger partial charge < -0.3 is 0 Å². The van der Waals surface area contributed by atoms with Gasteiger partial charge in [0.1, 0.15) is 0 Å². The summed E-state index contributed by atoms with van der Waals surface area (Å²) in [5, 5.41) is 20.5. The summed E-state index contributed by atoms with van der Waals surface area (Å²) >= 11 is 5.29. The zero-order valence-electron chi connectivity index (χ0n) is 12.7. The van der Waals surface area contributed by atoms with Crippen LogP contribution in [-0.2, 0) is 11.2 Å². The van der Waals surface area contributed by atoms with Gasteiger partial charge in [-0.05, 0) is 0 Å². The topological polar surface area (TPSA) is 66.8 Å². The van der Waals surface area contributed by atoms with E-state index in [-0.39, 0.29) is 23.4 Å². The number of benzene rings is 1. The molecule has 22 heavy (non-hydrogen) atoms. The van der Waals surface area contributed by atoms with E-state index in [4.69, 9.17) is 16.3 Å². The Bertz CT molecular complexity index is 456. The van der Waals surface area contributed by atoms with Crippen LogP contribution in [0.5, 0.6) is 0 Å². The molecule has 0 spiro atoms. The number of carbonyl (C=O) groups excluding carboxylic acids is 1. The molecule has 0 heterocycles. The van der Waals surface area contributed by atoms with E-state index in [9.17, 15) is 15.0 Å². The standard InChI is InChI=1S/C16H24ClIO4/c1-2-3-9-18-16(21)22-10-8-14(19)15(20)11-12-6-4-5-7-13(12)17/h4-7,14-15,18-20H,2-3,8-11H2,1H3. The number of hydrogen-bond donors (Lipinski definition) is 2. The molecule has 1 aromatic carbocycles. The minimum atomic E-state index is -0.930.